The molecule has 0 saturated heterocycles. The highest BCUT2D eigenvalue weighted by atomic mass is 32.1. The number of ether oxygens (including phenoxy) is 3. The zero-order chi connectivity index (χ0) is 23.0. The number of hydrogen-bond donors (Lipinski definition) is 2. The van der Waals surface area contributed by atoms with Crippen molar-refractivity contribution in [1.82, 2.24) is 5.32 Å². The number of halogens is 1. The summed E-state index contributed by atoms with van der Waals surface area (Å²) >= 11 is 1.67. The molecule has 33 heavy (non-hydrogen) atoms. The minimum Gasteiger partial charge on any atom is -0.459 e. The predicted molar refractivity (Wildman–Crippen MR) is 124 cm³/mol. The van der Waals surface area contributed by atoms with Crippen LogP contribution in [0.5, 0.6) is 0 Å². The minimum absolute atomic E-state index is 0.0473. The number of carbonyl (C=O) groups is 1. The fourth-order valence-electron chi connectivity index (χ4n) is 3.70. The third kappa shape index (κ3) is 6.17. The van der Waals surface area contributed by atoms with E-state index in [1.165, 1.54) is 16.8 Å². The first-order valence-electron chi connectivity index (χ1n) is 10.8. The highest BCUT2D eigenvalue weighted by molar-refractivity contribution is 7.17. The molecule has 0 saturated carbocycles. The average Bonchev–Trinajstić information content (AvgIpc) is 3.27. The van der Waals surface area contributed by atoms with Crippen LogP contribution < -0.4 is 5.32 Å². The van der Waals surface area contributed by atoms with E-state index in [4.69, 9.17) is 19.3 Å². The molecule has 174 valence electrons. The number of amides is 1. The quantitative estimate of drug-likeness (QED) is 0.436. The van der Waals surface area contributed by atoms with Gasteiger partial charge in [0.2, 0.25) is 6.29 Å². The third-order valence-corrected chi connectivity index (χ3v) is 6.31. The Morgan fingerprint density at radius 1 is 1.15 bits per heavy atom. The summed E-state index contributed by atoms with van der Waals surface area (Å²) in [6, 6.07) is 14.2. The maximum Gasteiger partial charge on any atom is 0.286 e. The van der Waals surface area contributed by atoms with Crippen molar-refractivity contribution in [3.05, 3.63) is 82.7 Å². The number of hydrogen-bond acceptors (Lipinski definition) is 6. The van der Waals surface area contributed by atoms with Crippen LogP contribution in [0.3, 0.4) is 0 Å². The number of aliphatic hydroxyl groups is 1. The minimum atomic E-state index is -0.608. The Bertz CT molecular complexity index is 1100. The number of allylic oxidation sites excluding steroid dienone is 1. The highest BCUT2D eigenvalue weighted by Crippen LogP contribution is 2.38. The van der Waals surface area contributed by atoms with Crippen molar-refractivity contribution >= 4 is 27.3 Å². The number of thiophene rings is 1. The number of carbonyl (C=O) groups excluding carboxylic acids is 1. The molecule has 1 aromatic heterocycles. The molecular weight excluding hydrogens is 445 g/mol. The van der Waals surface area contributed by atoms with Crippen LogP contribution in [0.1, 0.15) is 23.5 Å². The summed E-state index contributed by atoms with van der Waals surface area (Å²) in [5, 5.41) is 14.9. The van der Waals surface area contributed by atoms with Gasteiger partial charge in [-0.25, -0.2) is 4.39 Å². The fourth-order valence-corrected chi connectivity index (χ4v) is 4.72. The maximum atomic E-state index is 13.1. The predicted octanol–water partition coefficient (Wildman–Crippen LogP) is 4.10. The van der Waals surface area contributed by atoms with E-state index in [1.54, 1.807) is 23.5 Å². The van der Waals surface area contributed by atoms with Crippen LogP contribution in [0.25, 0.3) is 10.1 Å². The molecule has 2 aromatic carbocycles. The fraction of sp³-hybridized carbons (Fsp3) is 0.320. The van der Waals surface area contributed by atoms with Gasteiger partial charge >= 0.3 is 0 Å². The first kappa shape index (κ1) is 23.4. The van der Waals surface area contributed by atoms with E-state index in [0.717, 1.165) is 16.5 Å². The largest absolute Gasteiger partial charge is 0.459 e. The second kappa shape index (κ2) is 11.4. The van der Waals surface area contributed by atoms with E-state index in [9.17, 15) is 9.18 Å². The lowest BCUT2D eigenvalue weighted by Crippen LogP contribution is -2.33. The standard InChI is InChI=1S/C25H26FNO5S/c26-19-7-5-17(6-8-19)15-27-25(29)22-13-18(14-24(32-22)31-12-11-30-10-9-28)21-16-33-23-4-2-1-3-20(21)23/h1-8,13,16,18,24,28H,9-12,14-15H2,(H,27,29)/t18-,24+/m0/s1. The Balaban J connectivity index is 1.48. The monoisotopic (exact) mass is 471 g/mol. The Morgan fingerprint density at radius 3 is 2.79 bits per heavy atom. The summed E-state index contributed by atoms with van der Waals surface area (Å²) in [4.78, 5) is 12.9. The zero-order valence-electron chi connectivity index (χ0n) is 18.0. The van der Waals surface area contributed by atoms with Crippen molar-refractivity contribution in [2.45, 2.75) is 25.2 Å². The smallest absolute Gasteiger partial charge is 0.286 e. The Kier molecular flexibility index (Phi) is 8.06. The molecule has 1 aliphatic heterocycles. The molecular formula is C25H26FNO5S. The lowest BCUT2D eigenvalue weighted by Gasteiger charge is -2.29. The first-order chi connectivity index (χ1) is 16.1. The molecule has 2 atom stereocenters. The Morgan fingerprint density at radius 2 is 1.97 bits per heavy atom. The maximum absolute atomic E-state index is 13.1. The molecule has 0 bridgehead atoms. The molecule has 3 aromatic rings. The second-order valence-electron chi connectivity index (χ2n) is 7.62. The number of rotatable bonds is 10. The van der Waals surface area contributed by atoms with Gasteiger partial charge in [-0.15, -0.1) is 11.3 Å². The number of fused-ring (bicyclic) bond motifs is 1. The zero-order valence-corrected chi connectivity index (χ0v) is 18.9. The molecule has 1 amide bonds. The molecule has 6 nitrogen and oxygen atoms in total. The molecule has 8 heteroatoms. The van der Waals surface area contributed by atoms with E-state index in [2.05, 4.69) is 22.8 Å². The molecule has 2 heterocycles. The lowest BCUT2D eigenvalue weighted by atomic mass is 9.92. The lowest BCUT2D eigenvalue weighted by molar-refractivity contribution is -0.151. The van der Waals surface area contributed by atoms with Crippen LogP contribution in [0.2, 0.25) is 0 Å². The summed E-state index contributed by atoms with van der Waals surface area (Å²) in [6.07, 6.45) is 1.80. The van der Waals surface area contributed by atoms with Crippen LogP contribution in [0.4, 0.5) is 4.39 Å². The molecule has 0 unspecified atom stereocenters. The van der Waals surface area contributed by atoms with Crippen LogP contribution >= 0.6 is 11.3 Å². The van der Waals surface area contributed by atoms with E-state index in [1.807, 2.05) is 18.2 Å². The van der Waals surface area contributed by atoms with E-state index in [0.29, 0.717) is 13.0 Å². The van der Waals surface area contributed by atoms with Crippen molar-refractivity contribution in [3.8, 4) is 0 Å². The van der Waals surface area contributed by atoms with Gasteiger partial charge in [0.1, 0.15) is 5.82 Å². The second-order valence-corrected chi connectivity index (χ2v) is 8.53. The average molecular weight is 472 g/mol. The normalized spacial score (nSPS) is 18.1. The van der Waals surface area contributed by atoms with Crippen molar-refractivity contribution in [1.29, 1.82) is 0 Å². The highest BCUT2D eigenvalue weighted by Gasteiger charge is 2.30. The van der Waals surface area contributed by atoms with Crippen LogP contribution in [-0.4, -0.2) is 43.7 Å². The van der Waals surface area contributed by atoms with Gasteiger partial charge in [-0.05, 0) is 46.2 Å². The topological polar surface area (TPSA) is 77.0 Å². The molecule has 0 fully saturated rings. The molecule has 2 N–H and O–H groups in total. The Labute approximate surface area is 195 Å². The molecule has 0 radical (unpaired) electrons. The van der Waals surface area contributed by atoms with Gasteiger partial charge in [0, 0.05) is 23.6 Å². The SMILES string of the molecule is O=C(NCc1ccc(F)cc1)C1=C[C@H](c2csc3ccccc23)C[C@H](OCCOCCO)O1. The summed E-state index contributed by atoms with van der Waals surface area (Å²) in [6.45, 7) is 1.06. The van der Waals surface area contributed by atoms with Gasteiger partial charge in [0.25, 0.3) is 5.91 Å². The molecule has 0 spiro atoms. The summed E-state index contributed by atoms with van der Waals surface area (Å²) in [5.41, 5.74) is 1.92. The first-order valence-corrected chi connectivity index (χ1v) is 11.7. The Hall–Kier alpha value is -2.78. The summed E-state index contributed by atoms with van der Waals surface area (Å²) in [5.74, 6) is -0.527. The van der Waals surface area contributed by atoms with Gasteiger partial charge in [-0.2, -0.15) is 0 Å². The van der Waals surface area contributed by atoms with Crippen LogP contribution in [-0.2, 0) is 25.5 Å². The molecule has 1 aliphatic rings. The van der Waals surface area contributed by atoms with Crippen molar-refractivity contribution < 1.29 is 28.5 Å². The van der Waals surface area contributed by atoms with Crippen LogP contribution in [0, 0.1) is 5.82 Å². The van der Waals surface area contributed by atoms with Crippen molar-refractivity contribution in [3.63, 3.8) is 0 Å². The summed E-state index contributed by atoms with van der Waals surface area (Å²) in [7, 11) is 0. The van der Waals surface area contributed by atoms with E-state index < -0.39 is 6.29 Å². The van der Waals surface area contributed by atoms with Gasteiger partial charge in [-0.1, -0.05) is 30.3 Å². The number of aliphatic hydroxyl groups excluding tert-OH is 1. The molecule has 0 aliphatic carbocycles. The van der Waals surface area contributed by atoms with Gasteiger partial charge in [0.15, 0.2) is 5.76 Å². The van der Waals surface area contributed by atoms with Crippen LogP contribution in [0.15, 0.2) is 65.7 Å². The van der Waals surface area contributed by atoms with Gasteiger partial charge < -0.3 is 24.6 Å². The molecule has 4 rings (SSSR count). The van der Waals surface area contributed by atoms with Crippen molar-refractivity contribution in [2.75, 3.05) is 26.4 Å². The van der Waals surface area contributed by atoms with Gasteiger partial charge in [0.05, 0.1) is 26.4 Å². The number of benzene rings is 2. The van der Waals surface area contributed by atoms with E-state index in [-0.39, 0.29) is 49.8 Å². The van der Waals surface area contributed by atoms with Gasteiger partial charge in [-0.3, -0.25) is 4.79 Å². The van der Waals surface area contributed by atoms with Crippen molar-refractivity contribution in [2.24, 2.45) is 0 Å². The number of nitrogens with one attached hydrogen (secondary N) is 1. The third-order valence-electron chi connectivity index (χ3n) is 5.32. The van der Waals surface area contributed by atoms with E-state index >= 15 is 0 Å². The summed E-state index contributed by atoms with van der Waals surface area (Å²) < 4.78 is 31.3.